The number of aromatic carboxylic acids is 1. The molecule has 1 heterocycles. The van der Waals surface area contributed by atoms with Gasteiger partial charge in [-0.25, -0.2) is 9.59 Å². The number of phenolic OH excluding ortho intramolecular Hbond substituents is 1. The molecule has 0 saturated heterocycles. The van der Waals surface area contributed by atoms with E-state index in [9.17, 15) is 19.5 Å². The van der Waals surface area contributed by atoms with Crippen molar-refractivity contribution in [3.8, 4) is 5.75 Å². The number of carbonyl (C=O) groups is 3. The number of amides is 1. The van der Waals surface area contributed by atoms with Crippen molar-refractivity contribution in [2.24, 2.45) is 5.10 Å². The van der Waals surface area contributed by atoms with E-state index in [1.165, 1.54) is 42.5 Å². The Morgan fingerprint density at radius 1 is 1.11 bits per heavy atom. The van der Waals surface area contributed by atoms with Crippen molar-refractivity contribution in [3.05, 3.63) is 65.2 Å². The molecule has 0 fully saturated rings. The first-order valence-electron chi connectivity index (χ1n) is 8.35. The maximum atomic E-state index is 12.9. The molecule has 0 spiro atoms. The zero-order chi connectivity index (χ0) is 20.3. The molecule has 28 heavy (non-hydrogen) atoms. The Labute approximate surface area is 160 Å². The van der Waals surface area contributed by atoms with Gasteiger partial charge in [0.15, 0.2) is 5.71 Å². The molecule has 0 bridgehead atoms. The summed E-state index contributed by atoms with van der Waals surface area (Å²) in [5.74, 6) is -2.33. The van der Waals surface area contributed by atoms with Crippen LogP contribution in [0.4, 0.5) is 5.69 Å². The highest BCUT2D eigenvalue weighted by Gasteiger charge is 2.36. The molecule has 2 N–H and O–H groups in total. The van der Waals surface area contributed by atoms with Crippen molar-refractivity contribution in [1.29, 1.82) is 0 Å². The molecular weight excluding hydrogens is 364 g/mol. The number of carbonyl (C=O) groups excluding carboxylic acids is 2. The van der Waals surface area contributed by atoms with Crippen LogP contribution in [0, 0.1) is 0 Å². The lowest BCUT2D eigenvalue weighted by Crippen LogP contribution is -2.23. The van der Waals surface area contributed by atoms with E-state index in [1.807, 2.05) is 0 Å². The fourth-order valence-corrected chi connectivity index (χ4v) is 2.55. The van der Waals surface area contributed by atoms with Gasteiger partial charge in [0.1, 0.15) is 5.75 Å². The summed E-state index contributed by atoms with van der Waals surface area (Å²) in [6.45, 7) is 1.76. The smallest absolute Gasteiger partial charge is 0.359 e. The second-order valence-corrected chi connectivity index (χ2v) is 5.79. The van der Waals surface area contributed by atoms with Gasteiger partial charge in [0.2, 0.25) is 0 Å². The summed E-state index contributed by atoms with van der Waals surface area (Å²) in [7, 11) is 0. The number of rotatable bonds is 5. The van der Waals surface area contributed by atoms with Gasteiger partial charge in [-0.1, -0.05) is 12.1 Å². The van der Waals surface area contributed by atoms with Crippen LogP contribution in [-0.2, 0) is 14.3 Å². The molecule has 1 aliphatic heterocycles. The van der Waals surface area contributed by atoms with Gasteiger partial charge >= 0.3 is 11.9 Å². The number of carboxylic acids is 1. The Hall–Kier alpha value is -3.94. The van der Waals surface area contributed by atoms with Gasteiger partial charge in [0.05, 0.1) is 23.4 Å². The monoisotopic (exact) mass is 380 g/mol. The largest absolute Gasteiger partial charge is 0.508 e. The third-order valence-electron chi connectivity index (χ3n) is 3.91. The van der Waals surface area contributed by atoms with Crippen LogP contribution in [0.3, 0.4) is 0 Å². The van der Waals surface area contributed by atoms with Gasteiger partial charge < -0.3 is 14.9 Å². The number of phenols is 1. The minimum atomic E-state index is -1.09. The van der Waals surface area contributed by atoms with E-state index < -0.39 is 17.8 Å². The quantitative estimate of drug-likeness (QED) is 0.608. The summed E-state index contributed by atoms with van der Waals surface area (Å²) in [4.78, 5) is 36.2. The highest BCUT2D eigenvalue weighted by atomic mass is 16.5. The Morgan fingerprint density at radius 3 is 2.32 bits per heavy atom. The van der Waals surface area contributed by atoms with E-state index >= 15 is 0 Å². The molecule has 142 valence electrons. The number of benzene rings is 2. The fourth-order valence-electron chi connectivity index (χ4n) is 2.55. The van der Waals surface area contributed by atoms with Crippen molar-refractivity contribution in [1.82, 2.24) is 0 Å². The van der Waals surface area contributed by atoms with Crippen LogP contribution in [0.5, 0.6) is 5.75 Å². The third-order valence-corrected chi connectivity index (χ3v) is 3.91. The minimum Gasteiger partial charge on any atom is -0.508 e. The number of anilines is 1. The van der Waals surface area contributed by atoms with E-state index in [0.29, 0.717) is 11.3 Å². The van der Waals surface area contributed by atoms with Gasteiger partial charge in [0, 0.05) is 0 Å². The maximum absolute atomic E-state index is 12.9. The Bertz CT molecular complexity index is 990. The van der Waals surface area contributed by atoms with Crippen molar-refractivity contribution >= 4 is 35.3 Å². The number of aromatic hydroxyl groups is 1. The lowest BCUT2D eigenvalue weighted by molar-refractivity contribution is -0.135. The van der Waals surface area contributed by atoms with Gasteiger partial charge in [0.25, 0.3) is 5.91 Å². The number of hydrogen-bond acceptors (Lipinski definition) is 6. The van der Waals surface area contributed by atoms with Gasteiger partial charge in [-0.05, 0) is 55.0 Å². The van der Waals surface area contributed by atoms with Crippen LogP contribution in [0.2, 0.25) is 0 Å². The van der Waals surface area contributed by atoms with E-state index in [0.717, 1.165) is 5.01 Å². The molecule has 0 radical (unpaired) electrons. The van der Waals surface area contributed by atoms with Crippen LogP contribution in [0.1, 0.15) is 22.8 Å². The summed E-state index contributed by atoms with van der Waals surface area (Å²) >= 11 is 0. The van der Waals surface area contributed by atoms with Crippen LogP contribution in [0.25, 0.3) is 6.08 Å². The van der Waals surface area contributed by atoms with Crippen molar-refractivity contribution in [3.63, 3.8) is 0 Å². The van der Waals surface area contributed by atoms with E-state index in [4.69, 9.17) is 9.84 Å². The van der Waals surface area contributed by atoms with Crippen LogP contribution >= 0.6 is 0 Å². The topological polar surface area (TPSA) is 117 Å². The maximum Gasteiger partial charge on any atom is 0.359 e. The average molecular weight is 380 g/mol. The molecule has 1 aliphatic rings. The normalized spacial score (nSPS) is 14.9. The third kappa shape index (κ3) is 3.75. The molecular formula is C20H16N2O6. The highest BCUT2D eigenvalue weighted by Crippen LogP contribution is 2.26. The van der Waals surface area contributed by atoms with Crippen LogP contribution < -0.4 is 5.01 Å². The number of carboxylic acid groups (broad SMARTS) is 1. The summed E-state index contributed by atoms with van der Waals surface area (Å²) in [6.07, 6.45) is 1.48. The SMILES string of the molecule is CCOC(=O)C1=NN(c2ccc(C(=O)O)cc2)C(=O)C1=Cc1ccc(O)cc1. The van der Waals surface area contributed by atoms with E-state index in [-0.39, 0.29) is 29.2 Å². The van der Waals surface area contributed by atoms with Crippen LogP contribution in [0.15, 0.2) is 59.2 Å². The molecule has 0 saturated carbocycles. The molecule has 2 aromatic rings. The summed E-state index contributed by atoms with van der Waals surface area (Å²) in [6, 6.07) is 11.6. The molecule has 8 nitrogen and oxygen atoms in total. The molecule has 1 amide bonds. The average Bonchev–Trinajstić information content (AvgIpc) is 3.00. The highest BCUT2D eigenvalue weighted by molar-refractivity contribution is 6.54. The standard InChI is InChI=1S/C20H16N2O6/c1-2-28-20(27)17-16(11-12-3-9-15(23)10-4-12)18(24)22(21-17)14-7-5-13(6-8-14)19(25)26/h3-11,23H,2H2,1H3,(H,25,26). The van der Waals surface area contributed by atoms with Crippen LogP contribution in [-0.4, -0.2) is 40.4 Å². The van der Waals surface area contributed by atoms with Gasteiger partial charge in [-0.3, -0.25) is 4.79 Å². The molecule has 8 heteroatoms. The van der Waals surface area contributed by atoms with E-state index in [2.05, 4.69) is 5.10 Å². The number of hydrogen-bond donors (Lipinski definition) is 2. The second-order valence-electron chi connectivity index (χ2n) is 5.79. The lowest BCUT2D eigenvalue weighted by atomic mass is 10.1. The second kappa shape index (κ2) is 7.75. The van der Waals surface area contributed by atoms with Crippen molar-refractivity contribution in [2.75, 3.05) is 11.6 Å². The lowest BCUT2D eigenvalue weighted by Gasteiger charge is -2.11. The number of ether oxygens (including phenoxy) is 1. The Kier molecular flexibility index (Phi) is 5.21. The molecule has 0 aliphatic carbocycles. The summed E-state index contributed by atoms with van der Waals surface area (Å²) < 4.78 is 4.99. The zero-order valence-electron chi connectivity index (χ0n) is 14.8. The number of hydrazone groups is 1. The molecule has 2 aromatic carbocycles. The van der Waals surface area contributed by atoms with Crippen molar-refractivity contribution in [2.45, 2.75) is 6.92 Å². The Balaban J connectivity index is 2.01. The molecule has 3 rings (SSSR count). The van der Waals surface area contributed by atoms with Crippen molar-refractivity contribution < 1.29 is 29.3 Å². The summed E-state index contributed by atoms with van der Waals surface area (Å²) in [5.41, 5.74) is 0.839. The fraction of sp³-hybridized carbons (Fsp3) is 0.100. The van der Waals surface area contributed by atoms with Gasteiger partial charge in [-0.15, -0.1) is 0 Å². The predicted octanol–water partition coefficient (Wildman–Crippen LogP) is 2.44. The van der Waals surface area contributed by atoms with Gasteiger partial charge in [-0.2, -0.15) is 10.1 Å². The summed E-state index contributed by atoms with van der Waals surface area (Å²) in [5, 5.41) is 23.5. The zero-order valence-corrected chi connectivity index (χ0v) is 14.8. The molecule has 0 atom stereocenters. The molecule has 0 aromatic heterocycles. The van der Waals surface area contributed by atoms with E-state index in [1.54, 1.807) is 19.1 Å². The first-order chi connectivity index (χ1) is 13.4. The first kappa shape index (κ1) is 18.8. The Morgan fingerprint density at radius 2 is 1.75 bits per heavy atom. The first-order valence-corrected chi connectivity index (χ1v) is 8.35. The number of esters is 1. The number of nitrogens with zero attached hydrogens (tertiary/aromatic N) is 2. The predicted molar refractivity (Wildman–Crippen MR) is 101 cm³/mol. The minimum absolute atomic E-state index is 0.0338. The molecule has 0 unspecified atom stereocenters.